The highest BCUT2D eigenvalue weighted by Crippen LogP contribution is 2.43. The van der Waals surface area contributed by atoms with Crippen LogP contribution >= 0.6 is 0 Å². The number of hydrogen-bond acceptors (Lipinski definition) is 2. The predicted octanol–water partition coefficient (Wildman–Crippen LogP) is 5.02. The molecule has 0 aliphatic heterocycles. The predicted molar refractivity (Wildman–Crippen MR) is 104 cm³/mol. The lowest BCUT2D eigenvalue weighted by molar-refractivity contribution is 1.12. The van der Waals surface area contributed by atoms with E-state index in [1.807, 2.05) is 0 Å². The van der Waals surface area contributed by atoms with E-state index in [1.54, 1.807) is 0 Å². The fourth-order valence-corrected chi connectivity index (χ4v) is 3.77. The van der Waals surface area contributed by atoms with Gasteiger partial charge in [-0.05, 0) is 34.7 Å². The van der Waals surface area contributed by atoms with Gasteiger partial charge in [0.05, 0.1) is 0 Å². The summed E-state index contributed by atoms with van der Waals surface area (Å²) in [6.07, 6.45) is 0. The third kappa shape index (κ3) is 1.94. The average Bonchev–Trinajstić information content (AvgIpc) is 2.50. The third-order valence-corrected chi connectivity index (χ3v) is 4.78. The van der Waals surface area contributed by atoms with E-state index >= 15 is 0 Å². The topological polar surface area (TPSA) is 6.48 Å². The Morgan fingerprint density at radius 1 is 0.609 bits per heavy atom. The summed E-state index contributed by atoms with van der Waals surface area (Å²) in [4.78, 5) is 4.42. The van der Waals surface area contributed by atoms with Gasteiger partial charge in [-0.2, -0.15) is 0 Å². The van der Waals surface area contributed by atoms with Gasteiger partial charge in [0.25, 0.3) is 0 Å². The Morgan fingerprint density at radius 2 is 1.09 bits per heavy atom. The van der Waals surface area contributed by atoms with Gasteiger partial charge in [-0.3, -0.25) is 0 Å². The number of anilines is 2. The van der Waals surface area contributed by atoms with Crippen LogP contribution in [-0.4, -0.2) is 28.2 Å². The highest BCUT2D eigenvalue weighted by atomic mass is 15.1. The molecule has 4 aromatic rings. The van der Waals surface area contributed by atoms with Crippen LogP contribution in [0.2, 0.25) is 0 Å². The first kappa shape index (κ1) is 14.1. The Balaban J connectivity index is 2.32. The van der Waals surface area contributed by atoms with Crippen LogP contribution in [0, 0.1) is 6.92 Å². The lowest BCUT2D eigenvalue weighted by atomic mass is 9.91. The van der Waals surface area contributed by atoms with Crippen molar-refractivity contribution in [2.45, 2.75) is 6.92 Å². The normalized spacial score (nSPS) is 11.7. The minimum Gasteiger partial charge on any atom is -0.377 e. The Bertz CT molecular complexity index is 953. The van der Waals surface area contributed by atoms with Crippen LogP contribution in [-0.2, 0) is 0 Å². The summed E-state index contributed by atoms with van der Waals surface area (Å²) >= 11 is 0. The van der Waals surface area contributed by atoms with Crippen molar-refractivity contribution < 1.29 is 0 Å². The smallest absolute Gasteiger partial charge is 0.0462 e. The second-order valence-corrected chi connectivity index (χ2v) is 6.89. The summed E-state index contributed by atoms with van der Waals surface area (Å²) in [5.41, 5.74) is 3.86. The van der Waals surface area contributed by atoms with E-state index in [2.05, 4.69) is 87.4 Å². The van der Waals surface area contributed by atoms with Crippen molar-refractivity contribution in [1.82, 2.24) is 0 Å². The van der Waals surface area contributed by atoms with Crippen LogP contribution in [0.5, 0.6) is 0 Å². The minimum atomic E-state index is 1.27. The molecule has 0 fully saturated rings. The molecule has 116 valence electrons. The molecule has 2 heteroatoms. The Labute approximate surface area is 137 Å². The average molecular weight is 302 g/mol. The summed E-state index contributed by atoms with van der Waals surface area (Å²) in [5, 5.41) is 8.10. The molecule has 0 unspecified atom stereocenters. The molecular formula is C21H22N2. The van der Waals surface area contributed by atoms with Gasteiger partial charge in [0, 0.05) is 55.7 Å². The van der Waals surface area contributed by atoms with E-state index in [1.165, 1.54) is 49.3 Å². The van der Waals surface area contributed by atoms with Gasteiger partial charge < -0.3 is 9.80 Å². The number of benzene rings is 4. The summed E-state index contributed by atoms with van der Waals surface area (Å²) in [7, 11) is 8.48. The molecule has 0 radical (unpaired) electrons. The zero-order valence-electron chi connectivity index (χ0n) is 14.4. The van der Waals surface area contributed by atoms with Crippen molar-refractivity contribution in [2.75, 3.05) is 38.0 Å². The maximum atomic E-state index is 2.30. The van der Waals surface area contributed by atoms with Gasteiger partial charge >= 0.3 is 0 Å². The van der Waals surface area contributed by atoms with E-state index < -0.39 is 0 Å². The maximum Gasteiger partial charge on any atom is 0.0462 e. The molecule has 0 aliphatic rings. The van der Waals surface area contributed by atoms with Gasteiger partial charge in [0.2, 0.25) is 0 Å². The second kappa shape index (κ2) is 4.76. The largest absolute Gasteiger partial charge is 0.377 e. The van der Waals surface area contributed by atoms with Crippen molar-refractivity contribution in [2.24, 2.45) is 0 Å². The summed E-state index contributed by atoms with van der Waals surface area (Å²) in [6.45, 7) is 2.17. The summed E-state index contributed by atoms with van der Waals surface area (Å²) < 4.78 is 0. The fourth-order valence-electron chi connectivity index (χ4n) is 3.77. The number of nitrogens with zero attached hydrogens (tertiary/aromatic N) is 2. The molecule has 0 spiro atoms. The van der Waals surface area contributed by atoms with Crippen molar-refractivity contribution in [3.8, 4) is 0 Å². The lowest BCUT2D eigenvalue weighted by Gasteiger charge is -2.24. The molecule has 0 saturated heterocycles. The number of aryl methyl sites for hydroxylation is 1. The highest BCUT2D eigenvalue weighted by molar-refractivity contribution is 6.27. The molecule has 0 heterocycles. The Morgan fingerprint density at radius 3 is 1.52 bits per heavy atom. The molecule has 0 amide bonds. The van der Waals surface area contributed by atoms with Gasteiger partial charge in [-0.1, -0.05) is 36.4 Å². The fraction of sp³-hybridized carbons (Fsp3) is 0.238. The minimum absolute atomic E-state index is 1.27. The number of rotatable bonds is 2. The quantitative estimate of drug-likeness (QED) is 0.479. The molecular weight excluding hydrogens is 280 g/mol. The van der Waals surface area contributed by atoms with Gasteiger partial charge in [0.1, 0.15) is 0 Å². The molecule has 23 heavy (non-hydrogen) atoms. The van der Waals surface area contributed by atoms with Crippen LogP contribution in [0.1, 0.15) is 5.56 Å². The van der Waals surface area contributed by atoms with Crippen molar-refractivity contribution >= 4 is 43.7 Å². The van der Waals surface area contributed by atoms with E-state index in [4.69, 9.17) is 0 Å². The molecule has 0 aliphatic carbocycles. The van der Waals surface area contributed by atoms with Gasteiger partial charge in [-0.25, -0.2) is 0 Å². The molecule has 0 atom stereocenters. The monoisotopic (exact) mass is 302 g/mol. The molecule has 2 nitrogen and oxygen atoms in total. The zero-order chi connectivity index (χ0) is 16.3. The van der Waals surface area contributed by atoms with Gasteiger partial charge in [0.15, 0.2) is 0 Å². The molecule has 0 aromatic heterocycles. The molecule has 0 bridgehead atoms. The van der Waals surface area contributed by atoms with Crippen LogP contribution in [0.3, 0.4) is 0 Å². The maximum absolute atomic E-state index is 2.30. The van der Waals surface area contributed by atoms with Crippen LogP contribution in [0.25, 0.3) is 32.3 Å². The van der Waals surface area contributed by atoms with Crippen LogP contribution in [0.4, 0.5) is 11.4 Å². The van der Waals surface area contributed by atoms with E-state index in [9.17, 15) is 0 Å². The Kier molecular flexibility index (Phi) is 2.92. The van der Waals surface area contributed by atoms with Crippen molar-refractivity contribution in [3.63, 3.8) is 0 Å². The standard InChI is InChI=1S/C21H22N2/c1-13-10-14-6-8-16-18(22(2)3)12-19(23(4)5)17-9-7-15(11-13)20(14)21(16)17/h6-12H,1-5H3. The zero-order valence-corrected chi connectivity index (χ0v) is 14.4. The van der Waals surface area contributed by atoms with E-state index in [-0.39, 0.29) is 0 Å². The molecule has 0 saturated carbocycles. The first-order valence-electron chi connectivity index (χ1n) is 8.04. The molecule has 4 rings (SSSR count). The summed E-state index contributed by atoms with van der Waals surface area (Å²) in [5.74, 6) is 0. The van der Waals surface area contributed by atoms with Crippen molar-refractivity contribution in [1.29, 1.82) is 0 Å². The van der Waals surface area contributed by atoms with E-state index in [0.29, 0.717) is 0 Å². The molecule has 4 aromatic carbocycles. The third-order valence-electron chi connectivity index (χ3n) is 4.78. The first-order valence-corrected chi connectivity index (χ1v) is 8.04. The van der Waals surface area contributed by atoms with Crippen molar-refractivity contribution in [3.05, 3.63) is 48.0 Å². The van der Waals surface area contributed by atoms with E-state index in [0.717, 1.165) is 0 Å². The first-order chi connectivity index (χ1) is 11.0. The van der Waals surface area contributed by atoms with Crippen LogP contribution < -0.4 is 9.80 Å². The van der Waals surface area contributed by atoms with Crippen LogP contribution in [0.15, 0.2) is 42.5 Å². The highest BCUT2D eigenvalue weighted by Gasteiger charge is 2.16. The second-order valence-electron chi connectivity index (χ2n) is 6.89. The Hall–Kier alpha value is -2.48. The summed E-state index contributed by atoms with van der Waals surface area (Å²) in [6, 6.07) is 16.0. The molecule has 0 N–H and O–H groups in total. The number of hydrogen-bond donors (Lipinski definition) is 0. The SMILES string of the molecule is Cc1cc2ccc3c(N(C)C)cc(N(C)C)c4ccc(c1)c2c34. The van der Waals surface area contributed by atoms with Gasteiger partial charge in [-0.15, -0.1) is 0 Å². The lowest BCUT2D eigenvalue weighted by Crippen LogP contribution is -2.13.